The molecule has 0 radical (unpaired) electrons. The minimum Gasteiger partial charge on any atom is -0.496 e. The van der Waals surface area contributed by atoms with Crippen LogP contribution in [0.25, 0.3) is 6.08 Å². The number of carbonyl (C=O) groups is 2. The Morgan fingerprint density at radius 1 is 1.34 bits per heavy atom. The van der Waals surface area contributed by atoms with Crippen molar-refractivity contribution in [1.82, 2.24) is 10.2 Å². The lowest BCUT2D eigenvalue weighted by Crippen LogP contribution is -2.44. The number of nitrogens with zero attached hydrogens (tertiary/aromatic N) is 2. The normalized spacial score (nSPS) is 16.2. The molecule has 2 amide bonds. The van der Waals surface area contributed by atoms with Gasteiger partial charge in [-0.2, -0.15) is 5.26 Å². The summed E-state index contributed by atoms with van der Waals surface area (Å²) in [6.45, 7) is 1.38. The van der Waals surface area contributed by atoms with Gasteiger partial charge in [-0.3, -0.25) is 9.59 Å². The van der Waals surface area contributed by atoms with Gasteiger partial charge >= 0.3 is 0 Å². The van der Waals surface area contributed by atoms with Gasteiger partial charge in [-0.25, -0.2) is 4.39 Å². The Hall–Kier alpha value is -3.37. The molecule has 1 unspecified atom stereocenters. The Kier molecular flexibility index (Phi) is 7.85. The first-order valence-corrected chi connectivity index (χ1v) is 10.6. The van der Waals surface area contributed by atoms with Crippen LogP contribution in [0.1, 0.15) is 28.8 Å². The molecule has 3 rings (SSSR count). The van der Waals surface area contributed by atoms with Gasteiger partial charge in [0.1, 0.15) is 23.2 Å². The van der Waals surface area contributed by atoms with Crippen molar-refractivity contribution in [3.63, 3.8) is 0 Å². The number of nitrogens with one attached hydrogen (secondary N) is 1. The highest BCUT2D eigenvalue weighted by molar-refractivity contribution is 6.31. The number of likely N-dealkylation sites (tertiary alicyclic amines) is 1. The summed E-state index contributed by atoms with van der Waals surface area (Å²) in [6.07, 6.45) is 2.98. The van der Waals surface area contributed by atoms with E-state index < -0.39 is 11.7 Å². The van der Waals surface area contributed by atoms with Crippen molar-refractivity contribution in [2.24, 2.45) is 5.92 Å². The molecular formula is C24H23ClFN3O3. The van der Waals surface area contributed by atoms with Crippen LogP contribution in [-0.2, 0) is 4.79 Å². The second-order valence-electron chi connectivity index (χ2n) is 7.54. The highest BCUT2D eigenvalue weighted by Gasteiger charge is 2.27. The third-order valence-corrected chi connectivity index (χ3v) is 5.51. The number of ether oxygens (including phenoxy) is 1. The van der Waals surface area contributed by atoms with E-state index in [1.807, 2.05) is 6.07 Å². The molecule has 1 N–H and O–H groups in total. The first-order chi connectivity index (χ1) is 15.4. The van der Waals surface area contributed by atoms with Gasteiger partial charge in [0.2, 0.25) is 0 Å². The van der Waals surface area contributed by atoms with Crippen molar-refractivity contribution in [3.8, 4) is 11.8 Å². The van der Waals surface area contributed by atoms with E-state index in [1.165, 1.54) is 31.4 Å². The zero-order valence-electron chi connectivity index (χ0n) is 17.6. The highest BCUT2D eigenvalue weighted by atomic mass is 35.5. The first kappa shape index (κ1) is 23.3. The molecule has 166 valence electrons. The van der Waals surface area contributed by atoms with Crippen LogP contribution >= 0.6 is 11.6 Å². The van der Waals surface area contributed by atoms with Gasteiger partial charge in [0, 0.05) is 24.7 Å². The summed E-state index contributed by atoms with van der Waals surface area (Å²) in [6, 6.07) is 12.4. The summed E-state index contributed by atoms with van der Waals surface area (Å²) in [7, 11) is 1.50. The summed E-state index contributed by atoms with van der Waals surface area (Å²) in [5, 5.41) is 12.5. The van der Waals surface area contributed by atoms with E-state index in [4.69, 9.17) is 16.3 Å². The number of hydrogen-bond donors (Lipinski definition) is 1. The minimum atomic E-state index is -0.531. The Bertz CT molecular complexity index is 1080. The van der Waals surface area contributed by atoms with Crippen LogP contribution in [0.3, 0.4) is 0 Å². The number of methoxy groups -OCH3 is 1. The Balaban J connectivity index is 1.62. The first-order valence-electron chi connectivity index (χ1n) is 10.2. The monoisotopic (exact) mass is 455 g/mol. The molecule has 6 nitrogen and oxygen atoms in total. The standard InChI is InChI=1S/C24H23ClFN3O3/c1-32-22-8-7-19(25)12-21(22)24(31)29-9-3-5-17(15-29)14-28-23(30)18(13-27)10-16-4-2-6-20(26)11-16/h2,4,6-8,10-12,17H,3,5,9,14-15H2,1H3,(H,28,30)/b18-10+. The van der Waals surface area contributed by atoms with E-state index in [2.05, 4.69) is 5.32 Å². The van der Waals surface area contributed by atoms with Crippen LogP contribution in [0.2, 0.25) is 5.02 Å². The number of carbonyl (C=O) groups excluding carboxylic acids is 2. The third-order valence-electron chi connectivity index (χ3n) is 5.27. The van der Waals surface area contributed by atoms with Crippen molar-refractivity contribution in [3.05, 3.63) is 70.0 Å². The molecule has 2 aromatic carbocycles. The SMILES string of the molecule is COc1ccc(Cl)cc1C(=O)N1CCCC(CNC(=O)/C(C#N)=C/c2cccc(F)c2)C1. The second-order valence-corrected chi connectivity index (χ2v) is 7.98. The molecule has 32 heavy (non-hydrogen) atoms. The molecule has 1 aliphatic heterocycles. The smallest absolute Gasteiger partial charge is 0.261 e. The van der Waals surface area contributed by atoms with Gasteiger partial charge in [0.25, 0.3) is 11.8 Å². The molecule has 0 bridgehead atoms. The lowest BCUT2D eigenvalue weighted by atomic mass is 9.97. The van der Waals surface area contributed by atoms with Crippen LogP contribution in [0.5, 0.6) is 5.75 Å². The van der Waals surface area contributed by atoms with E-state index >= 15 is 0 Å². The largest absolute Gasteiger partial charge is 0.496 e. The molecule has 1 atom stereocenters. The van der Waals surface area contributed by atoms with Crippen molar-refractivity contribution in [2.45, 2.75) is 12.8 Å². The van der Waals surface area contributed by atoms with Crippen LogP contribution in [-0.4, -0.2) is 43.5 Å². The maximum Gasteiger partial charge on any atom is 0.261 e. The lowest BCUT2D eigenvalue weighted by molar-refractivity contribution is -0.117. The van der Waals surface area contributed by atoms with E-state index in [0.29, 0.717) is 41.5 Å². The van der Waals surface area contributed by atoms with Crippen molar-refractivity contribution < 1.29 is 18.7 Å². The van der Waals surface area contributed by atoms with Gasteiger partial charge in [-0.1, -0.05) is 23.7 Å². The summed E-state index contributed by atoms with van der Waals surface area (Å²) >= 11 is 6.05. The summed E-state index contributed by atoms with van der Waals surface area (Å²) in [5.74, 6) is -0.660. The number of rotatable bonds is 6. The van der Waals surface area contributed by atoms with Crippen LogP contribution in [0, 0.1) is 23.1 Å². The van der Waals surface area contributed by atoms with Crippen molar-refractivity contribution >= 4 is 29.5 Å². The van der Waals surface area contributed by atoms with Crippen LogP contribution < -0.4 is 10.1 Å². The topological polar surface area (TPSA) is 82.4 Å². The van der Waals surface area contributed by atoms with E-state index in [9.17, 15) is 19.2 Å². The number of piperidine rings is 1. The molecule has 0 aliphatic carbocycles. The molecule has 1 saturated heterocycles. The molecule has 2 aromatic rings. The van der Waals surface area contributed by atoms with Gasteiger partial charge in [-0.05, 0) is 60.7 Å². The zero-order chi connectivity index (χ0) is 23.1. The fourth-order valence-corrected chi connectivity index (χ4v) is 3.85. The number of benzene rings is 2. The second kappa shape index (κ2) is 10.8. The molecule has 0 spiro atoms. The average molecular weight is 456 g/mol. The number of hydrogen-bond acceptors (Lipinski definition) is 4. The number of nitriles is 1. The molecule has 0 aromatic heterocycles. The van der Waals surface area contributed by atoms with Gasteiger partial charge in [0.05, 0.1) is 12.7 Å². The molecule has 0 saturated carbocycles. The summed E-state index contributed by atoms with van der Waals surface area (Å²) in [5.41, 5.74) is 0.721. The predicted molar refractivity (Wildman–Crippen MR) is 120 cm³/mol. The molecule has 8 heteroatoms. The Morgan fingerprint density at radius 2 is 2.16 bits per heavy atom. The van der Waals surface area contributed by atoms with E-state index in [-0.39, 0.29) is 17.4 Å². The molecule has 1 aliphatic rings. The van der Waals surface area contributed by atoms with E-state index in [0.717, 1.165) is 12.8 Å². The Morgan fingerprint density at radius 3 is 2.88 bits per heavy atom. The molecule has 1 heterocycles. The number of amides is 2. The van der Waals surface area contributed by atoms with E-state index in [1.54, 1.807) is 29.2 Å². The maximum atomic E-state index is 13.3. The third kappa shape index (κ3) is 5.86. The van der Waals surface area contributed by atoms with Crippen LogP contribution in [0.4, 0.5) is 4.39 Å². The predicted octanol–water partition coefficient (Wildman–Crippen LogP) is 4.06. The lowest BCUT2D eigenvalue weighted by Gasteiger charge is -2.33. The molecular weight excluding hydrogens is 433 g/mol. The number of halogens is 2. The minimum absolute atomic E-state index is 0.0379. The van der Waals surface area contributed by atoms with Gasteiger partial charge in [-0.15, -0.1) is 0 Å². The van der Waals surface area contributed by atoms with Gasteiger partial charge in [0.15, 0.2) is 0 Å². The summed E-state index contributed by atoms with van der Waals surface area (Å²) < 4.78 is 18.6. The fraction of sp³-hybridized carbons (Fsp3) is 0.292. The molecule has 1 fully saturated rings. The Labute approximate surface area is 191 Å². The van der Waals surface area contributed by atoms with Crippen molar-refractivity contribution in [2.75, 3.05) is 26.7 Å². The summed E-state index contributed by atoms with van der Waals surface area (Å²) in [4.78, 5) is 27.2. The highest BCUT2D eigenvalue weighted by Crippen LogP contribution is 2.26. The zero-order valence-corrected chi connectivity index (χ0v) is 18.4. The van der Waals surface area contributed by atoms with Gasteiger partial charge < -0.3 is 15.0 Å². The van der Waals surface area contributed by atoms with Crippen LogP contribution in [0.15, 0.2) is 48.0 Å². The maximum absolute atomic E-state index is 13.3. The van der Waals surface area contributed by atoms with Crippen molar-refractivity contribution in [1.29, 1.82) is 5.26 Å². The fourth-order valence-electron chi connectivity index (χ4n) is 3.68. The average Bonchev–Trinajstić information content (AvgIpc) is 2.80. The quantitative estimate of drug-likeness (QED) is 0.526.